The van der Waals surface area contributed by atoms with Crippen molar-refractivity contribution >= 4 is 27.5 Å². The number of sulfonamides is 1. The normalized spacial score (nSPS) is 11.0. The van der Waals surface area contributed by atoms with Crippen molar-refractivity contribution in [2.45, 2.75) is 38.0 Å². The first-order valence-corrected chi connectivity index (χ1v) is 13.8. The van der Waals surface area contributed by atoms with Gasteiger partial charge in [-0.3, -0.25) is 9.52 Å². The summed E-state index contributed by atoms with van der Waals surface area (Å²) in [6.07, 6.45) is 3.06. The molecule has 10 heteroatoms. The summed E-state index contributed by atoms with van der Waals surface area (Å²) in [5, 5.41) is 0. The van der Waals surface area contributed by atoms with Crippen molar-refractivity contribution in [1.29, 1.82) is 0 Å². The number of hydrogen-bond donors (Lipinski definition) is 1. The zero-order chi connectivity index (χ0) is 28.6. The molecule has 39 heavy (non-hydrogen) atoms. The molecule has 0 bridgehead atoms. The van der Waals surface area contributed by atoms with Gasteiger partial charge in [-0.2, -0.15) is 0 Å². The van der Waals surface area contributed by atoms with Crippen LogP contribution in [0.3, 0.4) is 0 Å². The molecular weight excluding hydrogens is 522 g/mol. The molecule has 0 amide bonds. The van der Waals surface area contributed by atoms with Gasteiger partial charge in [-0.25, -0.2) is 13.2 Å². The zero-order valence-electron chi connectivity index (χ0n) is 22.7. The number of ether oxygens (including phenoxy) is 4. The van der Waals surface area contributed by atoms with Crippen molar-refractivity contribution in [1.82, 2.24) is 0 Å². The maximum atomic E-state index is 13.1. The van der Waals surface area contributed by atoms with Gasteiger partial charge in [0.2, 0.25) is 11.5 Å². The van der Waals surface area contributed by atoms with Crippen molar-refractivity contribution < 1.29 is 37.0 Å². The summed E-state index contributed by atoms with van der Waals surface area (Å²) in [6, 6.07) is 14.3. The van der Waals surface area contributed by atoms with Crippen LogP contribution in [0, 0.1) is 6.92 Å². The average Bonchev–Trinajstić information content (AvgIpc) is 2.94. The molecule has 0 unspecified atom stereocenters. The summed E-state index contributed by atoms with van der Waals surface area (Å²) in [5.41, 5.74) is 2.18. The largest absolute Gasteiger partial charge is 0.493 e. The predicted molar refractivity (Wildman–Crippen MR) is 148 cm³/mol. The highest BCUT2D eigenvalue weighted by Gasteiger charge is 2.22. The van der Waals surface area contributed by atoms with Crippen LogP contribution in [0.25, 0.3) is 0 Å². The average molecular weight is 556 g/mol. The van der Waals surface area contributed by atoms with E-state index in [2.05, 4.69) is 11.6 Å². The van der Waals surface area contributed by atoms with E-state index in [0.717, 1.165) is 24.8 Å². The van der Waals surface area contributed by atoms with Crippen LogP contribution >= 0.6 is 0 Å². The Hall–Kier alpha value is -4.05. The molecule has 0 aromatic heterocycles. The third-order valence-electron chi connectivity index (χ3n) is 6.06. The number of Topliss-reactive ketones (excluding diaryl/α,β-unsaturated/α-hetero) is 1. The Balaban J connectivity index is 1.74. The van der Waals surface area contributed by atoms with Crippen molar-refractivity contribution in [3.05, 3.63) is 76.9 Å². The molecule has 0 heterocycles. The number of ketones is 1. The SMILES string of the molecule is CCCCc1ccc(NS(=O)(=O)c2cc(C(=O)OCC(=O)c3cc(OC)c(OC)c(OC)c3)ccc2C)cc1. The van der Waals surface area contributed by atoms with Crippen molar-refractivity contribution in [2.75, 3.05) is 32.7 Å². The lowest BCUT2D eigenvalue weighted by atomic mass is 10.1. The quantitative estimate of drug-likeness (QED) is 0.226. The fourth-order valence-corrected chi connectivity index (χ4v) is 5.22. The molecule has 0 aliphatic rings. The number of rotatable bonds is 13. The van der Waals surface area contributed by atoms with E-state index in [4.69, 9.17) is 18.9 Å². The van der Waals surface area contributed by atoms with Gasteiger partial charge < -0.3 is 18.9 Å². The topological polar surface area (TPSA) is 117 Å². The molecular formula is C29H33NO8S. The smallest absolute Gasteiger partial charge is 0.338 e. The number of methoxy groups -OCH3 is 3. The molecule has 0 aliphatic heterocycles. The second-order valence-electron chi connectivity index (χ2n) is 8.80. The van der Waals surface area contributed by atoms with Crippen molar-refractivity contribution in [2.24, 2.45) is 0 Å². The van der Waals surface area contributed by atoms with Gasteiger partial charge in [0.15, 0.2) is 18.1 Å². The first-order valence-electron chi connectivity index (χ1n) is 12.4. The van der Waals surface area contributed by atoms with Gasteiger partial charge in [0.05, 0.1) is 31.8 Å². The summed E-state index contributed by atoms with van der Waals surface area (Å²) < 4.78 is 49.8. The number of anilines is 1. The third-order valence-corrected chi connectivity index (χ3v) is 7.58. The Kier molecular flexibility index (Phi) is 9.95. The summed E-state index contributed by atoms with van der Waals surface area (Å²) >= 11 is 0. The van der Waals surface area contributed by atoms with Crippen LogP contribution in [0.5, 0.6) is 17.2 Å². The number of nitrogens with one attached hydrogen (secondary N) is 1. The molecule has 0 spiro atoms. The lowest BCUT2D eigenvalue weighted by molar-refractivity contribution is 0.0474. The highest BCUT2D eigenvalue weighted by molar-refractivity contribution is 7.92. The number of hydrogen-bond acceptors (Lipinski definition) is 8. The molecule has 0 aliphatic carbocycles. The number of carbonyl (C=O) groups excluding carboxylic acids is 2. The van der Waals surface area contributed by atoms with Crippen LogP contribution in [-0.4, -0.2) is 48.1 Å². The van der Waals surface area contributed by atoms with Gasteiger partial charge in [-0.1, -0.05) is 31.5 Å². The van der Waals surface area contributed by atoms with E-state index in [-0.39, 0.29) is 27.5 Å². The number of benzene rings is 3. The van der Waals surface area contributed by atoms with E-state index >= 15 is 0 Å². The molecule has 3 rings (SSSR count). The summed E-state index contributed by atoms with van der Waals surface area (Å²) in [6.45, 7) is 3.17. The minimum atomic E-state index is -3.99. The second kappa shape index (κ2) is 13.1. The van der Waals surface area contributed by atoms with Gasteiger partial charge in [0.25, 0.3) is 10.0 Å². The predicted octanol–water partition coefficient (Wildman–Crippen LogP) is 5.20. The Morgan fingerprint density at radius 1 is 0.846 bits per heavy atom. The first kappa shape index (κ1) is 29.5. The number of esters is 1. The lowest BCUT2D eigenvalue weighted by Crippen LogP contribution is -2.17. The van der Waals surface area contributed by atoms with Gasteiger partial charge >= 0.3 is 5.97 Å². The Morgan fingerprint density at radius 3 is 2.05 bits per heavy atom. The molecule has 0 saturated heterocycles. The zero-order valence-corrected chi connectivity index (χ0v) is 23.5. The molecule has 208 valence electrons. The maximum Gasteiger partial charge on any atom is 0.338 e. The highest BCUT2D eigenvalue weighted by Crippen LogP contribution is 2.38. The van der Waals surface area contributed by atoms with Crippen molar-refractivity contribution in [3.8, 4) is 17.2 Å². The number of carbonyl (C=O) groups is 2. The van der Waals surface area contributed by atoms with Gasteiger partial charge in [-0.05, 0) is 67.3 Å². The number of aryl methyl sites for hydroxylation is 2. The minimum Gasteiger partial charge on any atom is -0.493 e. The Bertz CT molecular complexity index is 1410. The van der Waals surface area contributed by atoms with Crippen LogP contribution in [0.2, 0.25) is 0 Å². The van der Waals surface area contributed by atoms with Gasteiger partial charge in [-0.15, -0.1) is 0 Å². The monoisotopic (exact) mass is 555 g/mol. The maximum absolute atomic E-state index is 13.1. The highest BCUT2D eigenvalue weighted by atomic mass is 32.2. The van der Waals surface area contributed by atoms with E-state index in [9.17, 15) is 18.0 Å². The standard InChI is InChI=1S/C29H33NO8S/c1-6-7-8-20-10-13-23(14-11-20)30-39(33,34)27-17-21(12-9-19(27)2)29(32)38-18-24(31)22-15-25(35-3)28(37-5)26(16-22)36-4/h9-17,30H,6-8,18H2,1-5H3. The molecule has 9 nitrogen and oxygen atoms in total. The first-order chi connectivity index (χ1) is 18.6. The van der Waals surface area contributed by atoms with Gasteiger partial charge in [0.1, 0.15) is 0 Å². The van der Waals surface area contributed by atoms with E-state index < -0.39 is 28.4 Å². The molecule has 0 radical (unpaired) electrons. The minimum absolute atomic E-state index is 0.00594. The van der Waals surface area contributed by atoms with Crippen LogP contribution in [0.1, 0.15) is 51.6 Å². The van der Waals surface area contributed by atoms with Crippen LogP contribution in [-0.2, 0) is 21.2 Å². The molecule has 0 atom stereocenters. The van der Waals surface area contributed by atoms with Crippen molar-refractivity contribution in [3.63, 3.8) is 0 Å². The molecule has 0 saturated carbocycles. The molecule has 3 aromatic rings. The van der Waals surface area contributed by atoms with E-state index in [1.165, 1.54) is 51.7 Å². The van der Waals surface area contributed by atoms with Crippen LogP contribution in [0.15, 0.2) is 59.5 Å². The lowest BCUT2D eigenvalue weighted by Gasteiger charge is -2.14. The van der Waals surface area contributed by atoms with E-state index in [1.807, 2.05) is 12.1 Å². The van der Waals surface area contributed by atoms with E-state index in [1.54, 1.807) is 19.1 Å². The Labute approximate surface area is 229 Å². The molecule has 1 N–H and O–H groups in total. The molecule has 3 aromatic carbocycles. The van der Waals surface area contributed by atoms with Crippen LogP contribution in [0.4, 0.5) is 5.69 Å². The fourth-order valence-electron chi connectivity index (χ4n) is 3.89. The summed E-state index contributed by atoms with van der Waals surface area (Å²) in [4.78, 5) is 25.4. The fraction of sp³-hybridized carbons (Fsp3) is 0.310. The Morgan fingerprint density at radius 2 is 1.49 bits per heavy atom. The second-order valence-corrected chi connectivity index (χ2v) is 10.5. The third kappa shape index (κ3) is 7.29. The van der Waals surface area contributed by atoms with Gasteiger partial charge in [0, 0.05) is 11.3 Å². The summed E-state index contributed by atoms with van der Waals surface area (Å²) in [7, 11) is 0.299. The molecule has 0 fully saturated rings. The van der Waals surface area contributed by atoms with E-state index in [0.29, 0.717) is 17.0 Å². The summed E-state index contributed by atoms with van der Waals surface area (Å²) in [5.74, 6) is -0.465. The number of unbranched alkanes of at least 4 members (excludes halogenated alkanes) is 1. The van der Waals surface area contributed by atoms with Crippen LogP contribution < -0.4 is 18.9 Å².